The van der Waals surface area contributed by atoms with Gasteiger partial charge in [-0.1, -0.05) is 39.5 Å². The van der Waals surface area contributed by atoms with E-state index in [0.717, 1.165) is 12.8 Å². The number of rotatable bonds is 5. The maximum absolute atomic E-state index is 12.3. The molecule has 116 valence electrons. The highest BCUT2D eigenvalue weighted by Gasteiger charge is 2.25. The first kappa shape index (κ1) is 16.8. The van der Waals surface area contributed by atoms with Crippen LogP contribution < -0.4 is 5.32 Å². The molecule has 0 aromatic heterocycles. The molecule has 0 saturated heterocycles. The van der Waals surface area contributed by atoms with Crippen molar-refractivity contribution in [1.29, 1.82) is 0 Å². The van der Waals surface area contributed by atoms with Crippen LogP contribution in [0.25, 0.3) is 0 Å². The zero-order valence-corrected chi connectivity index (χ0v) is 12.9. The molecule has 1 saturated carbocycles. The molecule has 0 aromatic rings. The summed E-state index contributed by atoms with van der Waals surface area (Å²) in [7, 11) is 1.82. The van der Waals surface area contributed by atoms with Crippen LogP contribution in [0.2, 0.25) is 0 Å². The van der Waals surface area contributed by atoms with E-state index in [4.69, 9.17) is 5.11 Å². The average Bonchev–Trinajstić information content (AvgIpc) is 2.65. The number of hydrogen-bond donors (Lipinski definition) is 2. The highest BCUT2D eigenvalue weighted by Crippen LogP contribution is 2.21. The molecule has 1 aliphatic carbocycles. The molecule has 0 aliphatic heterocycles. The third kappa shape index (κ3) is 5.39. The molecule has 5 heteroatoms. The standard InChI is InChI=1S/C15H28N2O3/c1-11(2)13(10-14(18)19)16-15(20)17(3)12-8-6-4-5-7-9-12/h11-13H,4-10H2,1-3H3,(H,16,20)(H,18,19). The fourth-order valence-electron chi connectivity index (χ4n) is 2.71. The van der Waals surface area contributed by atoms with E-state index < -0.39 is 5.97 Å². The number of carbonyl (C=O) groups excluding carboxylic acids is 1. The second kappa shape index (κ2) is 8.12. The number of carboxylic acid groups (broad SMARTS) is 1. The first-order chi connectivity index (χ1) is 9.41. The number of carbonyl (C=O) groups is 2. The van der Waals surface area contributed by atoms with Crippen LogP contribution in [0.3, 0.4) is 0 Å². The molecule has 1 aliphatic rings. The fraction of sp³-hybridized carbons (Fsp3) is 0.867. The molecule has 2 N–H and O–H groups in total. The highest BCUT2D eigenvalue weighted by atomic mass is 16.4. The second-order valence-electron chi connectivity index (χ2n) is 6.15. The number of amides is 2. The summed E-state index contributed by atoms with van der Waals surface area (Å²) in [6, 6.07) is -0.166. The first-order valence-electron chi connectivity index (χ1n) is 7.67. The average molecular weight is 284 g/mol. The Hall–Kier alpha value is -1.26. The second-order valence-corrected chi connectivity index (χ2v) is 6.15. The summed E-state index contributed by atoms with van der Waals surface area (Å²) in [6.07, 6.45) is 6.92. The predicted octanol–water partition coefficient (Wildman–Crippen LogP) is 2.85. The summed E-state index contributed by atoms with van der Waals surface area (Å²) < 4.78 is 0. The summed E-state index contributed by atoms with van der Waals surface area (Å²) in [5.41, 5.74) is 0. The number of nitrogens with one attached hydrogen (secondary N) is 1. The van der Waals surface area contributed by atoms with Gasteiger partial charge in [0.25, 0.3) is 0 Å². The molecule has 1 rings (SSSR count). The molecule has 0 radical (unpaired) electrons. The van der Waals surface area contributed by atoms with Crippen molar-refractivity contribution in [3.05, 3.63) is 0 Å². The molecule has 5 nitrogen and oxygen atoms in total. The Morgan fingerprint density at radius 3 is 2.20 bits per heavy atom. The van der Waals surface area contributed by atoms with E-state index in [-0.39, 0.29) is 30.5 Å². The molecule has 0 aromatic carbocycles. The SMILES string of the molecule is CC(C)C(CC(=O)O)NC(=O)N(C)C1CCCCCC1. The Morgan fingerprint density at radius 2 is 1.75 bits per heavy atom. The van der Waals surface area contributed by atoms with Gasteiger partial charge in [-0.3, -0.25) is 4.79 Å². The third-order valence-corrected chi connectivity index (χ3v) is 4.20. The zero-order valence-electron chi connectivity index (χ0n) is 12.9. The Kier molecular flexibility index (Phi) is 6.82. The number of nitrogens with zero attached hydrogens (tertiary/aromatic N) is 1. The van der Waals surface area contributed by atoms with Crippen LogP contribution in [0.5, 0.6) is 0 Å². The van der Waals surface area contributed by atoms with Crippen LogP contribution >= 0.6 is 0 Å². The number of aliphatic carboxylic acids is 1. The lowest BCUT2D eigenvalue weighted by molar-refractivity contribution is -0.137. The Morgan fingerprint density at radius 1 is 1.20 bits per heavy atom. The summed E-state index contributed by atoms with van der Waals surface area (Å²) in [5, 5.41) is 11.8. The van der Waals surface area contributed by atoms with E-state index in [2.05, 4.69) is 5.32 Å². The zero-order chi connectivity index (χ0) is 15.1. The van der Waals surface area contributed by atoms with Crippen LogP contribution in [0.15, 0.2) is 0 Å². The van der Waals surface area contributed by atoms with Crippen molar-refractivity contribution in [2.75, 3.05) is 7.05 Å². The normalized spacial score (nSPS) is 18.4. The van der Waals surface area contributed by atoms with Gasteiger partial charge in [0, 0.05) is 19.1 Å². The van der Waals surface area contributed by atoms with Gasteiger partial charge in [-0.2, -0.15) is 0 Å². The molecule has 0 bridgehead atoms. The molecule has 1 fully saturated rings. The van der Waals surface area contributed by atoms with Crippen LogP contribution in [0, 0.1) is 5.92 Å². The maximum Gasteiger partial charge on any atom is 0.317 e. The monoisotopic (exact) mass is 284 g/mol. The van der Waals surface area contributed by atoms with Gasteiger partial charge in [0.15, 0.2) is 0 Å². The lowest BCUT2D eigenvalue weighted by Crippen LogP contribution is -2.49. The van der Waals surface area contributed by atoms with Gasteiger partial charge >= 0.3 is 12.0 Å². The van der Waals surface area contributed by atoms with Crippen molar-refractivity contribution < 1.29 is 14.7 Å². The quantitative estimate of drug-likeness (QED) is 0.763. The van der Waals surface area contributed by atoms with Gasteiger partial charge in [0.05, 0.1) is 6.42 Å². The summed E-state index contributed by atoms with van der Waals surface area (Å²) >= 11 is 0. The molecular weight excluding hydrogens is 256 g/mol. The van der Waals surface area contributed by atoms with Crippen LogP contribution in [-0.4, -0.2) is 41.1 Å². The summed E-state index contributed by atoms with van der Waals surface area (Å²) in [5.74, 6) is -0.765. The largest absolute Gasteiger partial charge is 0.481 e. The van der Waals surface area contributed by atoms with Gasteiger partial charge in [-0.25, -0.2) is 4.79 Å². The van der Waals surface area contributed by atoms with Crippen molar-refractivity contribution in [2.24, 2.45) is 5.92 Å². The van der Waals surface area contributed by atoms with Gasteiger partial charge in [0.1, 0.15) is 0 Å². The van der Waals surface area contributed by atoms with E-state index >= 15 is 0 Å². The maximum atomic E-state index is 12.3. The van der Waals surface area contributed by atoms with Crippen molar-refractivity contribution >= 4 is 12.0 Å². The highest BCUT2D eigenvalue weighted by molar-refractivity contribution is 5.76. The van der Waals surface area contributed by atoms with Gasteiger partial charge in [-0.05, 0) is 18.8 Å². The molecule has 20 heavy (non-hydrogen) atoms. The van der Waals surface area contributed by atoms with Crippen molar-refractivity contribution in [2.45, 2.75) is 70.9 Å². The minimum atomic E-state index is -0.874. The lowest BCUT2D eigenvalue weighted by Gasteiger charge is -2.30. The molecule has 0 spiro atoms. The fourth-order valence-corrected chi connectivity index (χ4v) is 2.71. The van der Waals surface area contributed by atoms with Crippen molar-refractivity contribution in [3.63, 3.8) is 0 Å². The first-order valence-corrected chi connectivity index (χ1v) is 7.67. The molecule has 1 atom stereocenters. The van der Waals surface area contributed by atoms with E-state index in [9.17, 15) is 9.59 Å². The lowest BCUT2D eigenvalue weighted by atomic mass is 10.0. The van der Waals surface area contributed by atoms with Crippen LogP contribution in [-0.2, 0) is 4.79 Å². The molecule has 1 unspecified atom stereocenters. The number of carboxylic acids is 1. The van der Waals surface area contributed by atoms with Crippen LogP contribution in [0.4, 0.5) is 4.79 Å². The molecule has 0 heterocycles. The van der Waals surface area contributed by atoms with Gasteiger partial charge in [-0.15, -0.1) is 0 Å². The predicted molar refractivity (Wildman–Crippen MR) is 78.7 cm³/mol. The van der Waals surface area contributed by atoms with Crippen LogP contribution in [0.1, 0.15) is 58.8 Å². The molecule has 2 amide bonds. The molecular formula is C15H28N2O3. The minimum Gasteiger partial charge on any atom is -0.481 e. The number of urea groups is 1. The Bertz CT molecular complexity index is 323. The van der Waals surface area contributed by atoms with E-state index in [1.165, 1.54) is 25.7 Å². The van der Waals surface area contributed by atoms with E-state index in [1.54, 1.807) is 4.90 Å². The van der Waals surface area contributed by atoms with E-state index in [0.29, 0.717) is 0 Å². The Labute approximate surface area is 121 Å². The van der Waals surface area contributed by atoms with E-state index in [1.807, 2.05) is 20.9 Å². The summed E-state index contributed by atoms with van der Waals surface area (Å²) in [6.45, 7) is 3.86. The van der Waals surface area contributed by atoms with Crippen molar-refractivity contribution in [1.82, 2.24) is 10.2 Å². The topological polar surface area (TPSA) is 69.6 Å². The summed E-state index contributed by atoms with van der Waals surface area (Å²) in [4.78, 5) is 24.9. The Balaban J connectivity index is 2.55. The van der Waals surface area contributed by atoms with Gasteiger partial charge in [0.2, 0.25) is 0 Å². The van der Waals surface area contributed by atoms with Gasteiger partial charge < -0.3 is 15.3 Å². The minimum absolute atomic E-state index is 0.0259. The number of hydrogen-bond acceptors (Lipinski definition) is 2. The van der Waals surface area contributed by atoms with Crippen molar-refractivity contribution in [3.8, 4) is 0 Å². The smallest absolute Gasteiger partial charge is 0.317 e. The third-order valence-electron chi connectivity index (χ3n) is 4.20.